The molecule has 1 aliphatic rings. The van der Waals surface area contributed by atoms with Gasteiger partial charge in [0, 0.05) is 37.8 Å². The second kappa shape index (κ2) is 11.9. The predicted molar refractivity (Wildman–Crippen MR) is 130 cm³/mol. The van der Waals surface area contributed by atoms with Crippen molar-refractivity contribution in [2.24, 2.45) is 12.0 Å². The number of aromatic nitrogens is 2. The third-order valence-corrected chi connectivity index (χ3v) is 6.87. The van der Waals surface area contributed by atoms with Crippen molar-refractivity contribution in [3.8, 4) is 0 Å². The summed E-state index contributed by atoms with van der Waals surface area (Å²) in [6, 6.07) is -0.124. The lowest BCUT2D eigenvalue weighted by Crippen LogP contribution is -2.43. The number of aryl methyl sites for hydroxylation is 2. The van der Waals surface area contributed by atoms with Gasteiger partial charge in [0.1, 0.15) is 0 Å². The van der Waals surface area contributed by atoms with E-state index in [2.05, 4.69) is 39.9 Å². The Hall–Kier alpha value is -1.37. The summed E-state index contributed by atoms with van der Waals surface area (Å²) in [4.78, 5) is 16.5. The molecular formula is C19H35IN6O3S. The van der Waals surface area contributed by atoms with Crippen molar-refractivity contribution in [3.63, 3.8) is 0 Å². The number of rotatable bonds is 8. The topological polar surface area (TPSA) is 117 Å². The Morgan fingerprint density at radius 2 is 2.07 bits per heavy atom. The second-order valence-electron chi connectivity index (χ2n) is 7.70. The number of nitrogens with zero attached hydrogens (tertiary/aromatic N) is 3. The van der Waals surface area contributed by atoms with Crippen molar-refractivity contribution in [1.82, 2.24) is 25.7 Å². The monoisotopic (exact) mass is 554 g/mol. The molecule has 1 fully saturated rings. The molecule has 172 valence electrons. The van der Waals surface area contributed by atoms with Crippen molar-refractivity contribution < 1.29 is 13.2 Å². The SMILES string of the molecule is CCNC(=NCCC(=O)NC1CCS(=O)(=O)C1)NC(C)Cc1c(C)nn(C)c1C.I. The molecule has 0 saturated carbocycles. The Balaban J connectivity index is 0.00000450. The molecule has 1 aliphatic heterocycles. The average Bonchev–Trinajstić information content (AvgIpc) is 3.07. The molecule has 30 heavy (non-hydrogen) atoms. The van der Waals surface area contributed by atoms with Crippen LogP contribution in [0.3, 0.4) is 0 Å². The Bertz CT molecular complexity index is 853. The van der Waals surface area contributed by atoms with Crippen LogP contribution in [0.4, 0.5) is 0 Å². The number of halogens is 1. The van der Waals surface area contributed by atoms with E-state index in [0.717, 1.165) is 24.4 Å². The third-order valence-electron chi connectivity index (χ3n) is 5.10. The van der Waals surface area contributed by atoms with E-state index in [1.54, 1.807) is 0 Å². The van der Waals surface area contributed by atoms with Gasteiger partial charge in [0.05, 0.1) is 23.7 Å². The summed E-state index contributed by atoms with van der Waals surface area (Å²) in [7, 11) is -1.05. The Kier molecular flexibility index (Phi) is 10.5. The highest BCUT2D eigenvalue weighted by molar-refractivity contribution is 14.0. The molecule has 2 unspecified atom stereocenters. The molecule has 3 N–H and O–H groups in total. The van der Waals surface area contributed by atoms with Gasteiger partial charge in [-0.15, -0.1) is 24.0 Å². The van der Waals surface area contributed by atoms with Crippen LogP contribution in [-0.4, -0.2) is 66.7 Å². The van der Waals surface area contributed by atoms with E-state index in [1.807, 2.05) is 25.6 Å². The zero-order chi connectivity index (χ0) is 21.6. The Labute approximate surface area is 196 Å². The number of guanidine groups is 1. The van der Waals surface area contributed by atoms with Crippen LogP contribution in [0, 0.1) is 13.8 Å². The van der Waals surface area contributed by atoms with Crippen molar-refractivity contribution in [2.75, 3.05) is 24.6 Å². The summed E-state index contributed by atoms with van der Waals surface area (Å²) in [5.74, 6) is 0.687. The summed E-state index contributed by atoms with van der Waals surface area (Å²) in [5, 5.41) is 13.8. The predicted octanol–water partition coefficient (Wildman–Crippen LogP) is 0.834. The van der Waals surface area contributed by atoms with E-state index in [0.29, 0.717) is 18.9 Å². The maximum Gasteiger partial charge on any atom is 0.222 e. The minimum Gasteiger partial charge on any atom is -0.357 e. The molecule has 0 aliphatic carbocycles. The molecule has 1 aromatic rings. The number of nitrogens with one attached hydrogen (secondary N) is 3. The molecular weight excluding hydrogens is 519 g/mol. The molecule has 9 nitrogen and oxygen atoms in total. The highest BCUT2D eigenvalue weighted by atomic mass is 127. The van der Waals surface area contributed by atoms with Crippen molar-refractivity contribution in [2.45, 2.75) is 59.0 Å². The normalized spacial score (nSPS) is 19.1. The lowest BCUT2D eigenvalue weighted by Gasteiger charge is -2.18. The van der Waals surface area contributed by atoms with Gasteiger partial charge in [0.25, 0.3) is 0 Å². The van der Waals surface area contributed by atoms with E-state index in [4.69, 9.17) is 0 Å². The fraction of sp³-hybridized carbons (Fsp3) is 0.737. The first-order valence-corrected chi connectivity index (χ1v) is 12.0. The van der Waals surface area contributed by atoms with Crippen molar-refractivity contribution >= 4 is 45.7 Å². The van der Waals surface area contributed by atoms with Gasteiger partial charge >= 0.3 is 0 Å². The molecule has 2 atom stereocenters. The quantitative estimate of drug-likeness (QED) is 0.249. The van der Waals surface area contributed by atoms with Crippen LogP contribution in [0.25, 0.3) is 0 Å². The zero-order valence-electron chi connectivity index (χ0n) is 18.5. The van der Waals surface area contributed by atoms with Gasteiger partial charge in [-0.25, -0.2) is 8.42 Å². The summed E-state index contributed by atoms with van der Waals surface area (Å²) >= 11 is 0. The van der Waals surface area contributed by atoms with Gasteiger partial charge in [-0.2, -0.15) is 5.10 Å². The molecule has 0 radical (unpaired) electrons. The molecule has 0 bridgehead atoms. The standard InChI is InChI=1S/C19H34N6O3S.HI/c1-6-20-19(22-13(2)11-17-14(3)24-25(5)15(17)4)21-9-7-18(26)23-16-8-10-29(27,28)12-16;/h13,16H,6-12H2,1-5H3,(H,23,26)(H2,20,21,22);1H. The van der Waals surface area contributed by atoms with Crippen molar-refractivity contribution in [1.29, 1.82) is 0 Å². The molecule has 0 spiro atoms. The van der Waals surface area contributed by atoms with Gasteiger partial charge in [0.2, 0.25) is 5.91 Å². The molecule has 2 rings (SSSR count). The molecule has 1 saturated heterocycles. The van der Waals surface area contributed by atoms with E-state index in [9.17, 15) is 13.2 Å². The van der Waals surface area contributed by atoms with Gasteiger partial charge in [-0.1, -0.05) is 0 Å². The molecule has 1 amide bonds. The number of hydrogen-bond donors (Lipinski definition) is 3. The first-order chi connectivity index (χ1) is 13.6. The van der Waals surface area contributed by atoms with E-state index in [-0.39, 0.29) is 59.9 Å². The van der Waals surface area contributed by atoms with Crippen LogP contribution < -0.4 is 16.0 Å². The van der Waals surface area contributed by atoms with Gasteiger partial charge < -0.3 is 16.0 Å². The zero-order valence-corrected chi connectivity index (χ0v) is 21.6. The third kappa shape index (κ3) is 8.05. The second-order valence-corrected chi connectivity index (χ2v) is 9.93. The van der Waals surface area contributed by atoms with Crippen LogP contribution in [-0.2, 0) is 28.1 Å². The van der Waals surface area contributed by atoms with Gasteiger partial charge in [0.15, 0.2) is 15.8 Å². The number of sulfone groups is 1. The first kappa shape index (κ1) is 26.7. The largest absolute Gasteiger partial charge is 0.357 e. The van der Waals surface area contributed by atoms with Gasteiger partial charge in [-0.3, -0.25) is 14.5 Å². The smallest absolute Gasteiger partial charge is 0.222 e. The first-order valence-electron chi connectivity index (χ1n) is 10.1. The van der Waals surface area contributed by atoms with Crippen LogP contribution in [0.2, 0.25) is 0 Å². The van der Waals surface area contributed by atoms with E-state index >= 15 is 0 Å². The fourth-order valence-electron chi connectivity index (χ4n) is 3.50. The maximum absolute atomic E-state index is 12.1. The summed E-state index contributed by atoms with van der Waals surface area (Å²) in [6.45, 7) is 9.21. The average molecular weight is 554 g/mol. The number of amides is 1. The Morgan fingerprint density at radius 3 is 2.60 bits per heavy atom. The Morgan fingerprint density at radius 1 is 1.37 bits per heavy atom. The summed E-state index contributed by atoms with van der Waals surface area (Å²) < 4.78 is 24.9. The number of hydrogen-bond acceptors (Lipinski definition) is 5. The van der Waals surface area contributed by atoms with Crippen LogP contribution >= 0.6 is 24.0 Å². The number of aliphatic imine (C=N–C) groups is 1. The highest BCUT2D eigenvalue weighted by Crippen LogP contribution is 2.14. The van der Waals surface area contributed by atoms with Crippen LogP contribution in [0.1, 0.15) is 43.6 Å². The molecule has 2 heterocycles. The summed E-state index contributed by atoms with van der Waals surface area (Å²) in [6.07, 6.45) is 1.54. The minimum absolute atomic E-state index is 0. The number of carbonyl (C=O) groups excluding carboxylic acids is 1. The fourth-order valence-corrected chi connectivity index (χ4v) is 5.17. The molecule has 11 heteroatoms. The van der Waals surface area contributed by atoms with E-state index in [1.165, 1.54) is 5.56 Å². The van der Waals surface area contributed by atoms with Gasteiger partial charge in [-0.05, 0) is 46.1 Å². The van der Waals surface area contributed by atoms with Crippen LogP contribution in [0.5, 0.6) is 0 Å². The maximum atomic E-state index is 12.1. The lowest BCUT2D eigenvalue weighted by molar-refractivity contribution is -0.121. The molecule has 0 aromatic carbocycles. The van der Waals surface area contributed by atoms with Crippen LogP contribution in [0.15, 0.2) is 4.99 Å². The summed E-state index contributed by atoms with van der Waals surface area (Å²) in [5.41, 5.74) is 3.42. The van der Waals surface area contributed by atoms with E-state index < -0.39 is 9.84 Å². The van der Waals surface area contributed by atoms with Crippen molar-refractivity contribution in [3.05, 3.63) is 17.0 Å². The lowest BCUT2D eigenvalue weighted by atomic mass is 10.1. The minimum atomic E-state index is -2.99. The molecule has 1 aromatic heterocycles. The number of carbonyl (C=O) groups is 1. The highest BCUT2D eigenvalue weighted by Gasteiger charge is 2.28.